The Morgan fingerprint density at radius 3 is 1.32 bits per heavy atom. The summed E-state index contributed by atoms with van der Waals surface area (Å²) in [4.78, 5) is 10.9. The Hall–Kier alpha value is -0.330. The van der Waals surface area contributed by atoms with Crippen LogP contribution in [0.2, 0.25) is 0 Å². The van der Waals surface area contributed by atoms with Crippen LogP contribution in [-0.2, 0) is 4.79 Å². The average molecular weight is 311 g/mol. The van der Waals surface area contributed by atoms with Gasteiger partial charge in [0, 0.05) is 5.92 Å². The zero-order valence-electron chi connectivity index (χ0n) is 15.6. The lowest BCUT2D eigenvalue weighted by atomic mass is 9.97. The second-order valence-corrected chi connectivity index (χ2v) is 7.07. The van der Waals surface area contributed by atoms with Crippen LogP contribution in [0.15, 0.2) is 0 Å². The van der Waals surface area contributed by atoms with Crippen LogP contribution in [0.25, 0.3) is 0 Å². The number of hydrogen-bond acceptors (Lipinski definition) is 1. The van der Waals surface area contributed by atoms with Gasteiger partial charge in [0.15, 0.2) is 0 Å². The van der Waals surface area contributed by atoms with E-state index in [0.29, 0.717) is 5.92 Å². The van der Waals surface area contributed by atoms with Crippen molar-refractivity contribution in [1.82, 2.24) is 0 Å². The van der Waals surface area contributed by atoms with Crippen LogP contribution >= 0.6 is 0 Å². The Bertz CT molecular complexity index is 212. The van der Waals surface area contributed by atoms with Crippen LogP contribution in [-0.4, -0.2) is 6.29 Å². The first-order valence-corrected chi connectivity index (χ1v) is 10.3. The lowest BCUT2D eigenvalue weighted by molar-refractivity contribution is -0.111. The Balaban J connectivity index is 3.09. The summed E-state index contributed by atoms with van der Waals surface area (Å²) in [5.74, 6) is 0.335. The fourth-order valence-corrected chi connectivity index (χ4v) is 3.25. The molecular formula is C21H42O. The molecule has 0 aromatic heterocycles. The summed E-state index contributed by atoms with van der Waals surface area (Å²) in [6.07, 6.45) is 24.2. The highest BCUT2D eigenvalue weighted by atomic mass is 16.1. The van der Waals surface area contributed by atoms with Crippen molar-refractivity contribution < 1.29 is 4.79 Å². The first-order valence-electron chi connectivity index (χ1n) is 10.3. The van der Waals surface area contributed by atoms with Gasteiger partial charge in [-0.2, -0.15) is 0 Å². The predicted molar refractivity (Wildman–Crippen MR) is 99.4 cm³/mol. The number of hydrogen-bond donors (Lipinski definition) is 0. The molecule has 0 aliphatic carbocycles. The first-order chi connectivity index (χ1) is 10.8. The molecule has 0 heterocycles. The first kappa shape index (κ1) is 21.7. The van der Waals surface area contributed by atoms with Crippen molar-refractivity contribution in [1.29, 1.82) is 0 Å². The van der Waals surface area contributed by atoms with Gasteiger partial charge in [0.1, 0.15) is 6.29 Å². The molecule has 0 amide bonds. The zero-order valence-corrected chi connectivity index (χ0v) is 15.6. The van der Waals surface area contributed by atoms with Crippen molar-refractivity contribution >= 4 is 6.29 Å². The van der Waals surface area contributed by atoms with Gasteiger partial charge in [0.25, 0.3) is 0 Å². The summed E-state index contributed by atoms with van der Waals surface area (Å²) < 4.78 is 0. The molecule has 0 rings (SSSR count). The normalized spacial score (nSPS) is 12.5. The van der Waals surface area contributed by atoms with Gasteiger partial charge in [-0.05, 0) is 12.8 Å². The Morgan fingerprint density at radius 2 is 0.955 bits per heavy atom. The van der Waals surface area contributed by atoms with Crippen LogP contribution in [0.4, 0.5) is 0 Å². The Morgan fingerprint density at radius 1 is 0.545 bits per heavy atom. The van der Waals surface area contributed by atoms with Crippen molar-refractivity contribution in [3.05, 3.63) is 0 Å². The van der Waals surface area contributed by atoms with Crippen molar-refractivity contribution in [3.63, 3.8) is 0 Å². The van der Waals surface area contributed by atoms with Gasteiger partial charge in [0.05, 0.1) is 0 Å². The minimum atomic E-state index is 0.335. The highest BCUT2D eigenvalue weighted by Crippen LogP contribution is 2.16. The second kappa shape index (κ2) is 18.7. The van der Waals surface area contributed by atoms with Gasteiger partial charge in [-0.15, -0.1) is 0 Å². The van der Waals surface area contributed by atoms with Gasteiger partial charge in [0.2, 0.25) is 0 Å². The van der Waals surface area contributed by atoms with Crippen LogP contribution in [0.1, 0.15) is 123 Å². The highest BCUT2D eigenvalue weighted by Gasteiger charge is 2.04. The van der Waals surface area contributed by atoms with E-state index in [-0.39, 0.29) is 0 Å². The third-order valence-electron chi connectivity index (χ3n) is 4.78. The maximum absolute atomic E-state index is 10.9. The molecule has 0 fully saturated rings. The Kier molecular flexibility index (Phi) is 18.4. The fraction of sp³-hybridized carbons (Fsp3) is 0.952. The molecule has 0 saturated carbocycles. The van der Waals surface area contributed by atoms with Gasteiger partial charge < -0.3 is 4.79 Å². The third kappa shape index (κ3) is 16.0. The molecule has 0 saturated heterocycles. The van der Waals surface area contributed by atoms with Gasteiger partial charge >= 0.3 is 0 Å². The quantitative estimate of drug-likeness (QED) is 0.189. The van der Waals surface area contributed by atoms with Gasteiger partial charge in [-0.1, -0.05) is 110 Å². The lowest BCUT2D eigenvalue weighted by Crippen LogP contribution is -2.01. The average Bonchev–Trinajstić information content (AvgIpc) is 2.54. The molecule has 0 radical (unpaired) electrons. The Labute approximate surface area is 140 Å². The standard InChI is InChI=1S/C21H42O/c1-3-5-6-7-8-9-10-11-12-13-14-15-16-17-19-21(20-22)18-4-2/h20-21H,3-19H2,1-2H3. The molecule has 22 heavy (non-hydrogen) atoms. The van der Waals surface area contributed by atoms with Crippen LogP contribution in [0.5, 0.6) is 0 Å². The van der Waals surface area contributed by atoms with E-state index >= 15 is 0 Å². The van der Waals surface area contributed by atoms with Crippen molar-refractivity contribution in [2.24, 2.45) is 5.92 Å². The number of unbranched alkanes of at least 4 members (excludes halogenated alkanes) is 13. The number of rotatable bonds is 18. The molecule has 1 nitrogen and oxygen atoms in total. The third-order valence-corrected chi connectivity index (χ3v) is 4.78. The second-order valence-electron chi connectivity index (χ2n) is 7.07. The predicted octanol–water partition coefficient (Wildman–Crippen LogP) is 7.47. The maximum Gasteiger partial charge on any atom is 0.123 e. The van der Waals surface area contributed by atoms with E-state index in [1.807, 2.05) is 0 Å². The molecule has 1 unspecified atom stereocenters. The molecule has 132 valence electrons. The van der Waals surface area contributed by atoms with E-state index in [0.717, 1.165) is 19.3 Å². The van der Waals surface area contributed by atoms with Crippen molar-refractivity contribution in [2.75, 3.05) is 0 Å². The number of carbonyl (C=O) groups excluding carboxylic acids is 1. The molecule has 0 spiro atoms. The van der Waals surface area contributed by atoms with E-state index in [4.69, 9.17) is 0 Å². The summed E-state index contributed by atoms with van der Waals surface area (Å²) in [5.41, 5.74) is 0. The summed E-state index contributed by atoms with van der Waals surface area (Å²) in [5, 5.41) is 0. The van der Waals surface area contributed by atoms with Crippen molar-refractivity contribution in [3.8, 4) is 0 Å². The number of aldehydes is 1. The van der Waals surface area contributed by atoms with Crippen LogP contribution in [0, 0.1) is 5.92 Å². The minimum absolute atomic E-state index is 0.335. The van der Waals surface area contributed by atoms with E-state index in [2.05, 4.69) is 13.8 Å². The topological polar surface area (TPSA) is 17.1 Å². The highest BCUT2D eigenvalue weighted by molar-refractivity contribution is 5.53. The monoisotopic (exact) mass is 310 g/mol. The SMILES string of the molecule is CCCCCCCCCCCCCCCCC(C=O)CCC. The molecule has 1 atom stereocenters. The molecule has 0 aromatic carbocycles. The van der Waals surface area contributed by atoms with E-state index in [9.17, 15) is 4.79 Å². The summed E-state index contributed by atoms with van der Waals surface area (Å²) in [6.45, 7) is 4.45. The minimum Gasteiger partial charge on any atom is -0.303 e. The van der Waals surface area contributed by atoms with Crippen LogP contribution < -0.4 is 0 Å². The van der Waals surface area contributed by atoms with Crippen molar-refractivity contribution in [2.45, 2.75) is 123 Å². The molecule has 0 aliphatic heterocycles. The molecular weight excluding hydrogens is 268 g/mol. The molecule has 0 bridgehead atoms. The van der Waals surface area contributed by atoms with E-state index < -0.39 is 0 Å². The smallest absolute Gasteiger partial charge is 0.123 e. The van der Waals surface area contributed by atoms with E-state index in [1.165, 1.54) is 96.2 Å². The number of carbonyl (C=O) groups is 1. The summed E-state index contributed by atoms with van der Waals surface area (Å²) in [6, 6.07) is 0. The fourth-order valence-electron chi connectivity index (χ4n) is 3.25. The lowest BCUT2D eigenvalue weighted by Gasteiger charge is -2.08. The van der Waals surface area contributed by atoms with Crippen LogP contribution in [0.3, 0.4) is 0 Å². The van der Waals surface area contributed by atoms with Gasteiger partial charge in [-0.25, -0.2) is 0 Å². The zero-order chi connectivity index (χ0) is 16.3. The molecule has 0 N–H and O–H groups in total. The molecule has 0 aliphatic rings. The van der Waals surface area contributed by atoms with E-state index in [1.54, 1.807) is 0 Å². The largest absolute Gasteiger partial charge is 0.303 e. The summed E-state index contributed by atoms with van der Waals surface area (Å²) in [7, 11) is 0. The molecule has 1 heteroatoms. The maximum atomic E-state index is 10.9. The summed E-state index contributed by atoms with van der Waals surface area (Å²) >= 11 is 0. The molecule has 0 aromatic rings. The van der Waals surface area contributed by atoms with Gasteiger partial charge in [-0.3, -0.25) is 0 Å².